The average Bonchev–Trinajstić information content (AvgIpc) is 2.68. The number of hydrogen-bond donors (Lipinski definition) is 1. The van der Waals surface area contributed by atoms with E-state index in [0.717, 1.165) is 5.69 Å². The third kappa shape index (κ3) is 3.84. The molecule has 0 aliphatic carbocycles. The van der Waals surface area contributed by atoms with E-state index in [2.05, 4.69) is 5.32 Å². The van der Waals surface area contributed by atoms with Gasteiger partial charge in [0, 0.05) is 11.4 Å². The van der Waals surface area contributed by atoms with E-state index in [1.807, 2.05) is 24.3 Å². The van der Waals surface area contributed by atoms with Crippen LogP contribution in [0, 0.1) is 5.82 Å². The van der Waals surface area contributed by atoms with Crippen LogP contribution >= 0.6 is 12.2 Å². The molecule has 7 heteroatoms. The second kappa shape index (κ2) is 8.39. The maximum Gasteiger partial charge on any atom is 0.338 e. The van der Waals surface area contributed by atoms with Crippen molar-refractivity contribution in [3.63, 3.8) is 0 Å². The van der Waals surface area contributed by atoms with E-state index in [-0.39, 0.29) is 12.4 Å². The van der Waals surface area contributed by atoms with Gasteiger partial charge in [-0.25, -0.2) is 9.18 Å². The number of carbonyl (C=O) groups is 1. The second-order valence-electron chi connectivity index (χ2n) is 6.19. The Balaban J connectivity index is 2.10. The third-order valence-electron chi connectivity index (χ3n) is 4.49. The molecule has 0 amide bonds. The normalized spacial score (nSPS) is 16.6. The first-order chi connectivity index (χ1) is 13.5. The summed E-state index contributed by atoms with van der Waals surface area (Å²) >= 11 is 5.57. The van der Waals surface area contributed by atoms with Gasteiger partial charge in [-0.1, -0.05) is 12.1 Å². The van der Waals surface area contributed by atoms with Crippen molar-refractivity contribution in [3.05, 3.63) is 71.2 Å². The number of rotatable bonds is 5. The third-order valence-corrected chi connectivity index (χ3v) is 4.79. The molecule has 0 bridgehead atoms. The minimum absolute atomic E-state index is 0.235. The summed E-state index contributed by atoms with van der Waals surface area (Å²) in [5.41, 5.74) is 2.38. The Morgan fingerprint density at radius 2 is 1.96 bits per heavy atom. The van der Waals surface area contributed by atoms with E-state index < -0.39 is 12.0 Å². The fourth-order valence-electron chi connectivity index (χ4n) is 3.19. The molecule has 1 atom stereocenters. The van der Waals surface area contributed by atoms with Gasteiger partial charge in [0.05, 0.1) is 25.3 Å². The van der Waals surface area contributed by atoms with E-state index in [0.29, 0.717) is 27.7 Å². The standard InChI is InChI=1S/C21H21FN2O3S/c1-4-27-20(25)18-13(2)24(16-8-10-17(26-3)11-9-16)21(28)23-19(18)14-6-5-7-15(22)12-14/h5-12,19H,4H2,1-3H3,(H,23,28)/t19-/m0/s1. The van der Waals surface area contributed by atoms with Gasteiger partial charge in [0.1, 0.15) is 11.6 Å². The largest absolute Gasteiger partial charge is 0.497 e. The zero-order valence-corrected chi connectivity index (χ0v) is 16.7. The van der Waals surface area contributed by atoms with Gasteiger partial charge in [-0.3, -0.25) is 4.90 Å². The number of allylic oxidation sites excluding steroid dienone is 1. The highest BCUT2D eigenvalue weighted by molar-refractivity contribution is 7.80. The van der Waals surface area contributed by atoms with Gasteiger partial charge < -0.3 is 14.8 Å². The topological polar surface area (TPSA) is 50.8 Å². The number of benzene rings is 2. The Kier molecular flexibility index (Phi) is 5.94. The number of thiocarbonyl (C=S) groups is 1. The van der Waals surface area contributed by atoms with Crippen LogP contribution in [-0.4, -0.2) is 24.8 Å². The molecule has 1 aliphatic heterocycles. The van der Waals surface area contributed by atoms with Gasteiger partial charge in [-0.15, -0.1) is 0 Å². The molecule has 0 saturated heterocycles. The van der Waals surface area contributed by atoms with Gasteiger partial charge in [0.25, 0.3) is 0 Å². The second-order valence-corrected chi connectivity index (χ2v) is 6.58. The van der Waals surface area contributed by atoms with Crippen molar-refractivity contribution >= 4 is 29.0 Å². The summed E-state index contributed by atoms with van der Waals surface area (Å²) < 4.78 is 24.3. The fourth-order valence-corrected chi connectivity index (χ4v) is 3.55. The molecule has 1 heterocycles. The molecule has 0 fully saturated rings. The number of carbonyl (C=O) groups excluding carboxylic acids is 1. The molecule has 2 aromatic rings. The van der Waals surface area contributed by atoms with Crippen molar-refractivity contribution in [1.82, 2.24) is 5.32 Å². The van der Waals surface area contributed by atoms with Gasteiger partial charge in [-0.05, 0) is 68.0 Å². The first kappa shape index (κ1) is 19.8. The molecule has 0 saturated carbocycles. The zero-order chi connectivity index (χ0) is 20.3. The van der Waals surface area contributed by atoms with Crippen molar-refractivity contribution in [2.24, 2.45) is 0 Å². The number of ether oxygens (including phenoxy) is 2. The van der Waals surface area contributed by atoms with Crippen LogP contribution < -0.4 is 15.0 Å². The predicted octanol–water partition coefficient (Wildman–Crippen LogP) is 4.11. The number of nitrogens with one attached hydrogen (secondary N) is 1. The van der Waals surface area contributed by atoms with Crippen molar-refractivity contribution in [3.8, 4) is 5.75 Å². The highest BCUT2D eigenvalue weighted by Gasteiger charge is 2.35. The Bertz CT molecular complexity index is 928. The lowest BCUT2D eigenvalue weighted by molar-refractivity contribution is -0.139. The smallest absolute Gasteiger partial charge is 0.338 e. The van der Waals surface area contributed by atoms with Crippen LogP contribution in [0.5, 0.6) is 5.75 Å². The van der Waals surface area contributed by atoms with Crippen molar-refractivity contribution in [2.75, 3.05) is 18.6 Å². The van der Waals surface area contributed by atoms with Crippen LogP contribution in [0.2, 0.25) is 0 Å². The molecule has 5 nitrogen and oxygen atoms in total. The molecular weight excluding hydrogens is 379 g/mol. The molecule has 0 radical (unpaired) electrons. The SMILES string of the molecule is CCOC(=O)C1=C(C)N(c2ccc(OC)cc2)C(=S)N[C@H]1c1cccc(F)c1. The lowest BCUT2D eigenvalue weighted by Gasteiger charge is -2.37. The summed E-state index contributed by atoms with van der Waals surface area (Å²) in [6, 6.07) is 12.8. The van der Waals surface area contributed by atoms with Crippen LogP contribution in [0.3, 0.4) is 0 Å². The minimum atomic E-state index is -0.600. The summed E-state index contributed by atoms with van der Waals surface area (Å²) in [5, 5.41) is 3.57. The first-order valence-corrected chi connectivity index (χ1v) is 9.25. The molecule has 0 spiro atoms. The molecule has 0 unspecified atom stereocenters. The Morgan fingerprint density at radius 1 is 1.25 bits per heavy atom. The predicted molar refractivity (Wildman–Crippen MR) is 110 cm³/mol. The minimum Gasteiger partial charge on any atom is -0.497 e. The Morgan fingerprint density at radius 3 is 2.57 bits per heavy atom. The van der Waals surface area contributed by atoms with Gasteiger partial charge >= 0.3 is 5.97 Å². The molecule has 1 N–H and O–H groups in total. The molecule has 0 aromatic heterocycles. The van der Waals surface area contributed by atoms with Gasteiger partial charge in [0.15, 0.2) is 5.11 Å². The first-order valence-electron chi connectivity index (χ1n) is 8.84. The van der Waals surface area contributed by atoms with Crippen molar-refractivity contribution in [2.45, 2.75) is 19.9 Å². The number of esters is 1. The number of anilines is 1. The van der Waals surface area contributed by atoms with E-state index in [1.165, 1.54) is 12.1 Å². The number of methoxy groups -OCH3 is 1. The Labute approximate surface area is 168 Å². The molecule has 1 aliphatic rings. The lowest BCUT2D eigenvalue weighted by Crippen LogP contribution is -2.48. The molecule has 3 rings (SSSR count). The lowest BCUT2D eigenvalue weighted by atomic mass is 9.94. The summed E-state index contributed by atoms with van der Waals surface area (Å²) in [6.45, 7) is 3.78. The number of hydrogen-bond acceptors (Lipinski definition) is 4. The summed E-state index contributed by atoms with van der Waals surface area (Å²) in [5.74, 6) is -0.143. The zero-order valence-electron chi connectivity index (χ0n) is 15.9. The highest BCUT2D eigenvalue weighted by Crippen LogP contribution is 2.34. The molecule has 2 aromatic carbocycles. The molecule has 146 valence electrons. The Hall–Kier alpha value is -2.93. The van der Waals surface area contributed by atoms with Gasteiger partial charge in [-0.2, -0.15) is 0 Å². The van der Waals surface area contributed by atoms with Crippen LogP contribution in [0.4, 0.5) is 10.1 Å². The summed E-state index contributed by atoms with van der Waals surface area (Å²) in [6.07, 6.45) is 0. The summed E-state index contributed by atoms with van der Waals surface area (Å²) in [4.78, 5) is 14.5. The molecular formula is C21H21FN2O3S. The van der Waals surface area contributed by atoms with Crippen LogP contribution in [0.25, 0.3) is 0 Å². The number of halogens is 1. The fraction of sp³-hybridized carbons (Fsp3) is 0.238. The summed E-state index contributed by atoms with van der Waals surface area (Å²) in [7, 11) is 1.59. The van der Waals surface area contributed by atoms with Gasteiger partial charge in [0.2, 0.25) is 0 Å². The maximum atomic E-state index is 13.8. The highest BCUT2D eigenvalue weighted by atomic mass is 32.1. The van der Waals surface area contributed by atoms with Crippen LogP contribution in [0.1, 0.15) is 25.5 Å². The van der Waals surface area contributed by atoms with Crippen molar-refractivity contribution in [1.29, 1.82) is 0 Å². The van der Waals surface area contributed by atoms with E-state index in [1.54, 1.807) is 38.0 Å². The monoisotopic (exact) mass is 400 g/mol. The van der Waals surface area contributed by atoms with Crippen LogP contribution in [0.15, 0.2) is 59.8 Å². The van der Waals surface area contributed by atoms with Crippen molar-refractivity contribution < 1.29 is 18.7 Å². The van der Waals surface area contributed by atoms with E-state index in [9.17, 15) is 9.18 Å². The van der Waals surface area contributed by atoms with E-state index >= 15 is 0 Å². The van der Waals surface area contributed by atoms with Crippen LogP contribution in [-0.2, 0) is 9.53 Å². The number of nitrogens with zero attached hydrogens (tertiary/aromatic N) is 1. The quantitative estimate of drug-likeness (QED) is 0.602. The average molecular weight is 400 g/mol. The molecule has 28 heavy (non-hydrogen) atoms. The maximum absolute atomic E-state index is 13.8. The van der Waals surface area contributed by atoms with E-state index in [4.69, 9.17) is 21.7 Å².